The predicted octanol–water partition coefficient (Wildman–Crippen LogP) is 1.94. The molecule has 0 bridgehead atoms. The summed E-state index contributed by atoms with van der Waals surface area (Å²) in [4.78, 5) is 44.9. The van der Waals surface area contributed by atoms with Crippen molar-refractivity contribution in [2.24, 2.45) is 5.92 Å². The van der Waals surface area contributed by atoms with Gasteiger partial charge in [-0.25, -0.2) is 0 Å². The molecule has 1 unspecified atom stereocenters. The van der Waals surface area contributed by atoms with Gasteiger partial charge in [0.15, 0.2) is 0 Å². The van der Waals surface area contributed by atoms with Crippen LogP contribution in [0.2, 0.25) is 0 Å². The minimum absolute atomic E-state index is 0.0806. The molecule has 0 N–H and O–H groups in total. The first-order chi connectivity index (χ1) is 14.0. The lowest BCUT2D eigenvalue weighted by molar-refractivity contribution is -0.148. The number of ether oxygens (including phenoxy) is 1. The third kappa shape index (κ3) is 5.19. The Bertz CT molecular complexity index is 885. The summed E-state index contributed by atoms with van der Waals surface area (Å²) >= 11 is 0. The van der Waals surface area contributed by atoms with Crippen LogP contribution in [-0.2, 0) is 32.2 Å². The summed E-state index contributed by atoms with van der Waals surface area (Å²) in [6.07, 6.45) is 1.82. The molecule has 7 heteroatoms. The maximum absolute atomic E-state index is 13.2. The Hall–Kier alpha value is -3.22. The van der Waals surface area contributed by atoms with E-state index in [0.717, 1.165) is 16.8 Å². The number of hydrogen-bond acceptors (Lipinski definition) is 5. The van der Waals surface area contributed by atoms with Crippen molar-refractivity contribution in [3.05, 3.63) is 65.5 Å². The zero-order chi connectivity index (χ0) is 20.8. The van der Waals surface area contributed by atoms with Gasteiger partial charge in [-0.3, -0.25) is 19.4 Å². The van der Waals surface area contributed by atoms with Crippen LogP contribution in [0.5, 0.6) is 0 Å². The fourth-order valence-corrected chi connectivity index (χ4v) is 3.46. The van der Waals surface area contributed by atoms with Crippen LogP contribution in [0.1, 0.15) is 23.2 Å². The fourth-order valence-electron chi connectivity index (χ4n) is 3.46. The highest BCUT2D eigenvalue weighted by atomic mass is 16.5. The Kier molecular flexibility index (Phi) is 6.59. The van der Waals surface area contributed by atoms with E-state index in [1.807, 2.05) is 49.4 Å². The van der Waals surface area contributed by atoms with Gasteiger partial charge in [0.1, 0.15) is 6.54 Å². The Morgan fingerprint density at radius 3 is 2.66 bits per heavy atom. The van der Waals surface area contributed by atoms with E-state index in [4.69, 9.17) is 4.74 Å². The van der Waals surface area contributed by atoms with Crippen molar-refractivity contribution in [3.63, 3.8) is 0 Å². The van der Waals surface area contributed by atoms with Crippen LogP contribution in [0, 0.1) is 12.8 Å². The molecule has 1 aromatic carbocycles. The summed E-state index contributed by atoms with van der Waals surface area (Å²) in [5.41, 5.74) is 2.77. The molecule has 152 valence electrons. The normalized spacial score (nSPS) is 16.0. The van der Waals surface area contributed by atoms with Gasteiger partial charge in [-0.05, 0) is 30.2 Å². The van der Waals surface area contributed by atoms with E-state index in [2.05, 4.69) is 4.98 Å². The highest BCUT2D eigenvalue weighted by Gasteiger charge is 2.37. The summed E-state index contributed by atoms with van der Waals surface area (Å²) in [7, 11) is 1.30. The molecule has 7 nitrogen and oxygen atoms in total. The minimum atomic E-state index is -0.486. The van der Waals surface area contributed by atoms with Crippen molar-refractivity contribution < 1.29 is 19.1 Å². The summed E-state index contributed by atoms with van der Waals surface area (Å²) in [6.45, 7) is 2.81. The van der Waals surface area contributed by atoms with Crippen molar-refractivity contribution in [2.45, 2.75) is 26.4 Å². The monoisotopic (exact) mass is 395 g/mol. The molecule has 0 saturated carbocycles. The summed E-state index contributed by atoms with van der Waals surface area (Å²) in [5.74, 6) is -1.26. The number of esters is 1. The number of pyridine rings is 1. The number of methoxy groups -OCH3 is 1. The van der Waals surface area contributed by atoms with Crippen LogP contribution >= 0.6 is 0 Å². The second kappa shape index (κ2) is 9.32. The first kappa shape index (κ1) is 20.5. The number of hydrogen-bond donors (Lipinski definition) is 0. The minimum Gasteiger partial charge on any atom is -0.468 e. The number of benzene rings is 1. The second-order valence-electron chi connectivity index (χ2n) is 7.19. The Balaban J connectivity index is 1.72. The lowest BCUT2D eigenvalue weighted by Crippen LogP contribution is -2.40. The largest absolute Gasteiger partial charge is 0.468 e. The van der Waals surface area contributed by atoms with Gasteiger partial charge in [-0.2, -0.15) is 0 Å². The lowest BCUT2D eigenvalue weighted by atomic mass is 10.0. The second-order valence-corrected chi connectivity index (χ2v) is 7.19. The van der Waals surface area contributed by atoms with E-state index in [0.29, 0.717) is 19.6 Å². The third-order valence-electron chi connectivity index (χ3n) is 5.12. The Labute approximate surface area is 170 Å². The lowest BCUT2D eigenvalue weighted by Gasteiger charge is -2.25. The molecule has 0 aliphatic carbocycles. The van der Waals surface area contributed by atoms with Crippen LogP contribution in [0.25, 0.3) is 0 Å². The summed E-state index contributed by atoms with van der Waals surface area (Å²) < 4.78 is 4.76. The van der Waals surface area contributed by atoms with Crippen LogP contribution in [0.15, 0.2) is 48.7 Å². The number of likely N-dealkylation sites (tertiary alicyclic amines) is 1. The number of aromatic nitrogens is 1. The van der Waals surface area contributed by atoms with Crippen LogP contribution in [0.3, 0.4) is 0 Å². The summed E-state index contributed by atoms with van der Waals surface area (Å²) in [6, 6.07) is 13.3. The van der Waals surface area contributed by atoms with Gasteiger partial charge in [0.2, 0.25) is 11.8 Å². The Morgan fingerprint density at radius 1 is 1.21 bits per heavy atom. The molecular formula is C22H25N3O4. The van der Waals surface area contributed by atoms with Crippen molar-refractivity contribution in [1.82, 2.24) is 14.8 Å². The molecule has 2 heterocycles. The quantitative estimate of drug-likeness (QED) is 0.670. The van der Waals surface area contributed by atoms with Gasteiger partial charge in [0, 0.05) is 25.7 Å². The van der Waals surface area contributed by atoms with E-state index < -0.39 is 11.9 Å². The van der Waals surface area contributed by atoms with Gasteiger partial charge in [-0.15, -0.1) is 0 Å². The van der Waals surface area contributed by atoms with Gasteiger partial charge in [0.05, 0.1) is 25.3 Å². The van der Waals surface area contributed by atoms with Gasteiger partial charge < -0.3 is 14.5 Å². The molecule has 1 aliphatic heterocycles. The van der Waals surface area contributed by atoms with Crippen LogP contribution in [0.4, 0.5) is 0 Å². The number of carbonyl (C=O) groups is 3. The average molecular weight is 395 g/mol. The number of amides is 2. The molecule has 1 atom stereocenters. The maximum atomic E-state index is 13.2. The van der Waals surface area contributed by atoms with E-state index in [1.165, 1.54) is 12.0 Å². The standard InChI is InChI=1S/C22H25N3O4/c1-16-7-3-4-8-17(16)12-25(15-21(27)29-2)22(28)18-11-20(26)24(13-18)14-19-9-5-6-10-23-19/h3-10,18H,11-15H2,1-2H3. The molecule has 0 spiro atoms. The molecular weight excluding hydrogens is 370 g/mol. The number of aryl methyl sites for hydroxylation is 1. The highest BCUT2D eigenvalue weighted by molar-refractivity contribution is 5.90. The first-order valence-corrected chi connectivity index (χ1v) is 9.55. The van der Waals surface area contributed by atoms with E-state index in [-0.39, 0.29) is 24.8 Å². The first-order valence-electron chi connectivity index (χ1n) is 9.55. The molecule has 1 aliphatic rings. The maximum Gasteiger partial charge on any atom is 0.325 e. The smallest absolute Gasteiger partial charge is 0.325 e. The van der Waals surface area contributed by atoms with Crippen molar-refractivity contribution in [2.75, 3.05) is 20.2 Å². The number of rotatable bonds is 7. The van der Waals surface area contributed by atoms with E-state index in [9.17, 15) is 14.4 Å². The molecule has 29 heavy (non-hydrogen) atoms. The molecule has 2 amide bonds. The fraction of sp³-hybridized carbons (Fsp3) is 0.364. The van der Waals surface area contributed by atoms with Gasteiger partial charge in [-0.1, -0.05) is 30.3 Å². The number of carbonyl (C=O) groups excluding carboxylic acids is 3. The molecule has 0 radical (unpaired) electrons. The van der Waals surface area contributed by atoms with E-state index in [1.54, 1.807) is 11.1 Å². The molecule has 3 rings (SSSR count). The van der Waals surface area contributed by atoms with Gasteiger partial charge >= 0.3 is 5.97 Å². The average Bonchev–Trinajstić information content (AvgIpc) is 3.09. The number of nitrogens with zero attached hydrogens (tertiary/aromatic N) is 3. The van der Waals surface area contributed by atoms with Crippen molar-refractivity contribution >= 4 is 17.8 Å². The molecule has 1 fully saturated rings. The molecule has 1 saturated heterocycles. The SMILES string of the molecule is COC(=O)CN(Cc1ccccc1C)C(=O)C1CC(=O)N(Cc2ccccn2)C1. The zero-order valence-electron chi connectivity index (χ0n) is 16.7. The summed E-state index contributed by atoms with van der Waals surface area (Å²) in [5, 5.41) is 0. The third-order valence-corrected chi connectivity index (χ3v) is 5.12. The van der Waals surface area contributed by atoms with Crippen LogP contribution < -0.4 is 0 Å². The Morgan fingerprint density at radius 2 is 1.97 bits per heavy atom. The molecule has 1 aromatic heterocycles. The van der Waals surface area contributed by atoms with Crippen molar-refractivity contribution in [3.8, 4) is 0 Å². The predicted molar refractivity (Wildman–Crippen MR) is 106 cm³/mol. The topological polar surface area (TPSA) is 79.8 Å². The van der Waals surface area contributed by atoms with E-state index >= 15 is 0 Å². The van der Waals surface area contributed by atoms with Crippen molar-refractivity contribution in [1.29, 1.82) is 0 Å². The highest BCUT2D eigenvalue weighted by Crippen LogP contribution is 2.23. The molecule has 2 aromatic rings. The zero-order valence-corrected chi connectivity index (χ0v) is 16.7. The van der Waals surface area contributed by atoms with Gasteiger partial charge in [0.25, 0.3) is 0 Å². The van der Waals surface area contributed by atoms with Crippen LogP contribution in [-0.4, -0.2) is 52.8 Å².